The Balaban J connectivity index is 2.38. The number of alkyl halides is 3. The fourth-order valence-electron chi connectivity index (χ4n) is 2.64. The Morgan fingerprint density at radius 3 is 2.30 bits per heavy atom. The van der Waals surface area contributed by atoms with Gasteiger partial charge in [-0.1, -0.05) is 11.6 Å². The van der Waals surface area contributed by atoms with E-state index in [1.807, 2.05) is 0 Å². The fourth-order valence-corrected chi connectivity index (χ4v) is 2.90. The molecule has 2 heterocycles. The summed E-state index contributed by atoms with van der Waals surface area (Å²) >= 11 is 6.03. The van der Waals surface area contributed by atoms with Crippen LogP contribution in [0.4, 0.5) is 32.2 Å². The topological polar surface area (TPSA) is 46.3 Å². The molecule has 0 aliphatic heterocycles. The van der Waals surface area contributed by atoms with Gasteiger partial charge in [0.25, 0.3) is 5.78 Å². The van der Waals surface area contributed by atoms with Gasteiger partial charge in [-0.2, -0.15) is 32.8 Å². The zero-order valence-electron chi connectivity index (χ0n) is 13.5. The van der Waals surface area contributed by atoms with E-state index in [4.69, 9.17) is 11.6 Å². The van der Waals surface area contributed by atoms with E-state index in [9.17, 15) is 26.3 Å². The Kier molecular flexibility index (Phi) is 4.89. The number of benzene rings is 1. The van der Waals surface area contributed by atoms with Crippen molar-refractivity contribution < 1.29 is 26.3 Å². The van der Waals surface area contributed by atoms with E-state index < -0.39 is 46.5 Å². The van der Waals surface area contributed by atoms with Gasteiger partial charge in [0.2, 0.25) is 0 Å². The highest BCUT2D eigenvalue weighted by Crippen LogP contribution is 2.40. The lowest BCUT2D eigenvalue weighted by Gasteiger charge is -2.27. The van der Waals surface area contributed by atoms with Crippen LogP contribution in [0, 0.1) is 17.5 Å². The van der Waals surface area contributed by atoms with Gasteiger partial charge in [0.1, 0.15) is 41.3 Å². The summed E-state index contributed by atoms with van der Waals surface area (Å²) < 4.78 is 81.9. The second kappa shape index (κ2) is 6.87. The largest absolute Gasteiger partial charge is 0.405 e. The summed E-state index contributed by atoms with van der Waals surface area (Å²) in [5.74, 6) is -4.42. The molecule has 0 aliphatic rings. The van der Waals surface area contributed by atoms with Crippen LogP contribution in [0.1, 0.15) is 6.92 Å². The smallest absolute Gasteiger partial charge is 0.347 e. The molecule has 0 saturated heterocycles. The van der Waals surface area contributed by atoms with Crippen LogP contribution in [0.5, 0.6) is 0 Å². The molecule has 0 aliphatic carbocycles. The van der Waals surface area contributed by atoms with Gasteiger partial charge in [-0.15, -0.1) is 0 Å². The second-order valence-corrected chi connectivity index (χ2v) is 5.80. The van der Waals surface area contributed by atoms with E-state index >= 15 is 0 Å². The third kappa shape index (κ3) is 3.64. The molecule has 0 atom stereocenters. The van der Waals surface area contributed by atoms with Gasteiger partial charge < -0.3 is 4.90 Å². The van der Waals surface area contributed by atoms with Gasteiger partial charge in [0.15, 0.2) is 0 Å². The Morgan fingerprint density at radius 1 is 1.11 bits per heavy atom. The lowest BCUT2D eigenvalue weighted by atomic mass is 10.1. The number of halogens is 7. The molecular formula is C15H10ClF6N5. The van der Waals surface area contributed by atoms with Crippen LogP contribution in [0.3, 0.4) is 0 Å². The van der Waals surface area contributed by atoms with Crippen molar-refractivity contribution in [1.29, 1.82) is 0 Å². The number of nitrogens with zero attached hydrogens (tertiary/aromatic N) is 5. The van der Waals surface area contributed by atoms with Gasteiger partial charge in [-0.3, -0.25) is 0 Å². The fraction of sp³-hybridized carbons (Fsp3) is 0.267. The Bertz CT molecular complexity index is 979. The number of anilines is 1. The van der Waals surface area contributed by atoms with E-state index in [-0.39, 0.29) is 18.1 Å². The lowest BCUT2D eigenvalue weighted by molar-refractivity contribution is -0.119. The molecule has 0 fully saturated rings. The molecular weight excluding hydrogens is 400 g/mol. The van der Waals surface area contributed by atoms with E-state index in [0.29, 0.717) is 12.1 Å². The van der Waals surface area contributed by atoms with Crippen molar-refractivity contribution in [2.45, 2.75) is 13.1 Å². The highest BCUT2D eigenvalue weighted by molar-refractivity contribution is 6.33. The van der Waals surface area contributed by atoms with Crippen LogP contribution >= 0.6 is 11.6 Å². The van der Waals surface area contributed by atoms with Crippen molar-refractivity contribution in [1.82, 2.24) is 19.6 Å². The number of hydrogen-bond acceptors (Lipinski definition) is 4. The standard InChI is InChI=1S/C15H10ClF6N5/c1-2-26(5-15(20,21)22)13-11(10-8(18)3-7(17)4-9(10)19)12(16)25-14-23-6-24-27(13)14/h3-4,6H,2,5H2,1H3. The minimum atomic E-state index is -4.63. The maximum absolute atomic E-state index is 14.3. The van der Waals surface area contributed by atoms with Crippen LogP contribution in [0.2, 0.25) is 5.15 Å². The van der Waals surface area contributed by atoms with Crippen LogP contribution < -0.4 is 4.90 Å². The molecule has 0 amide bonds. The van der Waals surface area contributed by atoms with Crippen molar-refractivity contribution in [2.24, 2.45) is 0 Å². The molecule has 0 spiro atoms. The third-order valence-electron chi connectivity index (χ3n) is 3.67. The predicted octanol–water partition coefficient (Wildman–Crippen LogP) is 4.25. The quantitative estimate of drug-likeness (QED) is 0.477. The van der Waals surface area contributed by atoms with E-state index in [0.717, 1.165) is 15.7 Å². The van der Waals surface area contributed by atoms with Crippen molar-refractivity contribution in [3.8, 4) is 11.1 Å². The number of aromatic nitrogens is 4. The molecule has 3 rings (SSSR count). The third-order valence-corrected chi connectivity index (χ3v) is 3.94. The van der Waals surface area contributed by atoms with Crippen LogP contribution in [-0.4, -0.2) is 38.8 Å². The van der Waals surface area contributed by atoms with Gasteiger partial charge in [0.05, 0.1) is 11.1 Å². The number of rotatable bonds is 4. The first kappa shape index (κ1) is 19.2. The maximum Gasteiger partial charge on any atom is 0.405 e. The number of fused-ring (bicyclic) bond motifs is 1. The van der Waals surface area contributed by atoms with Gasteiger partial charge in [-0.25, -0.2) is 13.2 Å². The summed E-state index contributed by atoms with van der Waals surface area (Å²) in [6.07, 6.45) is -3.62. The van der Waals surface area contributed by atoms with Crippen LogP contribution in [0.15, 0.2) is 18.5 Å². The second-order valence-electron chi connectivity index (χ2n) is 5.45. The Morgan fingerprint density at radius 2 is 1.74 bits per heavy atom. The summed E-state index contributed by atoms with van der Waals surface area (Å²) in [5.41, 5.74) is -1.31. The average molecular weight is 410 g/mol. The van der Waals surface area contributed by atoms with Crippen LogP contribution in [-0.2, 0) is 0 Å². The molecule has 0 unspecified atom stereocenters. The lowest BCUT2D eigenvalue weighted by Crippen LogP contribution is -2.36. The molecule has 3 aromatic rings. The van der Waals surface area contributed by atoms with Crippen molar-refractivity contribution >= 4 is 23.2 Å². The highest BCUT2D eigenvalue weighted by atomic mass is 35.5. The zero-order chi connectivity index (χ0) is 19.9. The molecule has 0 radical (unpaired) electrons. The first-order valence-electron chi connectivity index (χ1n) is 7.48. The Hall–Kier alpha value is -2.56. The highest BCUT2D eigenvalue weighted by Gasteiger charge is 2.34. The van der Waals surface area contributed by atoms with Crippen LogP contribution in [0.25, 0.3) is 16.9 Å². The molecule has 0 bridgehead atoms. The summed E-state index contributed by atoms with van der Waals surface area (Å²) in [7, 11) is 0. The SMILES string of the molecule is CCN(CC(F)(F)F)c1c(-c2c(F)cc(F)cc2F)c(Cl)nc2ncnn12. The molecule has 5 nitrogen and oxygen atoms in total. The van der Waals surface area contributed by atoms with Crippen molar-refractivity contribution in [2.75, 3.05) is 18.0 Å². The number of hydrogen-bond donors (Lipinski definition) is 0. The van der Waals surface area contributed by atoms with Gasteiger partial charge >= 0.3 is 6.18 Å². The molecule has 144 valence electrons. The first-order chi connectivity index (χ1) is 12.6. The zero-order valence-corrected chi connectivity index (χ0v) is 14.3. The monoisotopic (exact) mass is 409 g/mol. The van der Waals surface area contributed by atoms with E-state index in [2.05, 4.69) is 15.1 Å². The normalized spacial score (nSPS) is 12.0. The van der Waals surface area contributed by atoms with Gasteiger partial charge in [0, 0.05) is 18.7 Å². The molecule has 0 saturated carbocycles. The van der Waals surface area contributed by atoms with Crippen molar-refractivity contribution in [3.63, 3.8) is 0 Å². The van der Waals surface area contributed by atoms with E-state index in [1.54, 1.807) is 0 Å². The molecule has 1 aromatic carbocycles. The minimum Gasteiger partial charge on any atom is -0.347 e. The van der Waals surface area contributed by atoms with Gasteiger partial charge in [-0.05, 0) is 6.92 Å². The minimum absolute atomic E-state index is 0.165. The molecule has 0 N–H and O–H groups in total. The summed E-state index contributed by atoms with van der Waals surface area (Å²) in [6.45, 7) is -0.244. The summed E-state index contributed by atoms with van der Waals surface area (Å²) in [6, 6.07) is 0.786. The summed E-state index contributed by atoms with van der Waals surface area (Å²) in [5, 5.41) is 3.27. The molecule has 2 aromatic heterocycles. The Labute approximate surface area is 153 Å². The van der Waals surface area contributed by atoms with Crippen molar-refractivity contribution in [3.05, 3.63) is 41.1 Å². The predicted molar refractivity (Wildman–Crippen MR) is 85.0 cm³/mol. The summed E-state index contributed by atoms with van der Waals surface area (Å²) in [4.78, 5) is 8.33. The molecule has 27 heavy (non-hydrogen) atoms. The molecule has 12 heteroatoms. The van der Waals surface area contributed by atoms with E-state index in [1.165, 1.54) is 6.92 Å². The average Bonchev–Trinajstić information content (AvgIpc) is 2.99. The first-order valence-corrected chi connectivity index (χ1v) is 7.86. The maximum atomic E-state index is 14.3.